The van der Waals surface area contributed by atoms with Crippen LogP contribution < -0.4 is 5.32 Å². The number of nitrogens with one attached hydrogen (secondary N) is 1. The van der Waals surface area contributed by atoms with Crippen molar-refractivity contribution in [3.05, 3.63) is 0 Å². The van der Waals surface area contributed by atoms with Gasteiger partial charge in [0.15, 0.2) is 0 Å². The summed E-state index contributed by atoms with van der Waals surface area (Å²) >= 11 is 0. The number of rotatable bonds is 3. The molecule has 1 N–H and O–H groups in total. The minimum Gasteiger partial charge on any atom is -0.313 e. The molecular weight excluding hydrogens is 220 g/mol. The van der Waals surface area contributed by atoms with Gasteiger partial charge in [0.25, 0.3) is 0 Å². The topological polar surface area (TPSA) is 15.3 Å². The zero-order chi connectivity index (χ0) is 13.0. The largest absolute Gasteiger partial charge is 0.313 e. The average molecular weight is 252 g/mol. The maximum atomic E-state index is 3.73. The van der Waals surface area contributed by atoms with Crippen molar-refractivity contribution in [1.82, 2.24) is 10.2 Å². The summed E-state index contributed by atoms with van der Waals surface area (Å²) in [5.41, 5.74) is 0.595. The van der Waals surface area contributed by atoms with Gasteiger partial charge in [-0.1, -0.05) is 26.7 Å². The third kappa shape index (κ3) is 4.24. The second-order valence-electron chi connectivity index (χ2n) is 7.34. The van der Waals surface area contributed by atoms with E-state index in [-0.39, 0.29) is 0 Å². The minimum atomic E-state index is 0.595. The quantitative estimate of drug-likeness (QED) is 0.828. The van der Waals surface area contributed by atoms with Gasteiger partial charge in [0.05, 0.1) is 0 Å². The first kappa shape index (κ1) is 14.3. The molecule has 18 heavy (non-hydrogen) atoms. The van der Waals surface area contributed by atoms with E-state index in [0.717, 1.165) is 12.1 Å². The Balaban J connectivity index is 1.75. The molecule has 2 rings (SSSR count). The van der Waals surface area contributed by atoms with Gasteiger partial charge in [-0.15, -0.1) is 0 Å². The van der Waals surface area contributed by atoms with Crippen molar-refractivity contribution in [2.45, 2.75) is 77.3 Å². The SMILES string of the molecule is CN(CC1CCCCCN1)C1CCC(C)(C)CC1. The monoisotopic (exact) mass is 252 g/mol. The van der Waals surface area contributed by atoms with Gasteiger partial charge in [-0.25, -0.2) is 0 Å². The Hall–Kier alpha value is -0.0800. The van der Waals surface area contributed by atoms with Gasteiger partial charge in [-0.3, -0.25) is 0 Å². The molecule has 1 saturated heterocycles. The summed E-state index contributed by atoms with van der Waals surface area (Å²) in [6.07, 6.45) is 11.2. The summed E-state index contributed by atoms with van der Waals surface area (Å²) in [7, 11) is 2.34. The van der Waals surface area contributed by atoms with Crippen LogP contribution in [0.2, 0.25) is 0 Å². The lowest BCUT2D eigenvalue weighted by Gasteiger charge is -2.39. The highest BCUT2D eigenvalue weighted by Gasteiger charge is 2.29. The fourth-order valence-corrected chi connectivity index (χ4v) is 3.58. The smallest absolute Gasteiger partial charge is 0.0195 e. The molecule has 2 nitrogen and oxygen atoms in total. The van der Waals surface area contributed by atoms with Gasteiger partial charge < -0.3 is 10.2 Å². The Kier molecular flexibility index (Phi) is 5.08. The van der Waals surface area contributed by atoms with E-state index in [9.17, 15) is 0 Å². The number of hydrogen-bond acceptors (Lipinski definition) is 2. The molecule has 1 unspecified atom stereocenters. The van der Waals surface area contributed by atoms with Crippen LogP contribution in [-0.4, -0.2) is 37.1 Å². The maximum Gasteiger partial charge on any atom is 0.0195 e. The van der Waals surface area contributed by atoms with E-state index >= 15 is 0 Å². The Morgan fingerprint density at radius 1 is 1.06 bits per heavy atom. The van der Waals surface area contributed by atoms with Crippen molar-refractivity contribution >= 4 is 0 Å². The molecule has 0 aromatic rings. The van der Waals surface area contributed by atoms with Gasteiger partial charge in [0.1, 0.15) is 0 Å². The zero-order valence-corrected chi connectivity index (χ0v) is 12.7. The minimum absolute atomic E-state index is 0.595. The summed E-state index contributed by atoms with van der Waals surface area (Å²) in [4.78, 5) is 2.64. The molecular formula is C16H32N2. The number of likely N-dealkylation sites (N-methyl/N-ethyl adjacent to an activating group) is 1. The van der Waals surface area contributed by atoms with Crippen LogP contribution in [0.4, 0.5) is 0 Å². The predicted octanol–water partition coefficient (Wildman–Crippen LogP) is 3.42. The normalized spacial score (nSPS) is 30.3. The molecule has 0 aromatic heterocycles. The van der Waals surface area contributed by atoms with Crippen LogP contribution in [-0.2, 0) is 0 Å². The van der Waals surface area contributed by atoms with Crippen molar-refractivity contribution in [1.29, 1.82) is 0 Å². The van der Waals surface area contributed by atoms with E-state index in [1.165, 1.54) is 64.5 Å². The summed E-state index contributed by atoms with van der Waals surface area (Å²) < 4.78 is 0. The first-order valence-electron chi connectivity index (χ1n) is 8.00. The van der Waals surface area contributed by atoms with Gasteiger partial charge in [0.2, 0.25) is 0 Å². The third-order valence-electron chi connectivity index (χ3n) is 5.10. The Labute approximate surface area is 114 Å². The van der Waals surface area contributed by atoms with Crippen LogP contribution in [0, 0.1) is 5.41 Å². The first-order chi connectivity index (χ1) is 8.57. The van der Waals surface area contributed by atoms with Gasteiger partial charge in [0, 0.05) is 18.6 Å². The molecule has 1 atom stereocenters. The van der Waals surface area contributed by atoms with E-state index in [1.54, 1.807) is 0 Å². The van der Waals surface area contributed by atoms with Crippen LogP contribution in [0.3, 0.4) is 0 Å². The molecule has 1 aliphatic heterocycles. The predicted molar refractivity (Wildman–Crippen MR) is 78.9 cm³/mol. The molecule has 2 fully saturated rings. The molecule has 0 bridgehead atoms. The van der Waals surface area contributed by atoms with E-state index < -0.39 is 0 Å². The summed E-state index contributed by atoms with van der Waals surface area (Å²) in [5, 5.41) is 3.73. The van der Waals surface area contributed by atoms with E-state index in [1.807, 2.05) is 0 Å². The molecule has 1 saturated carbocycles. The second-order valence-corrected chi connectivity index (χ2v) is 7.34. The fraction of sp³-hybridized carbons (Fsp3) is 1.00. The van der Waals surface area contributed by atoms with Crippen molar-refractivity contribution in [3.63, 3.8) is 0 Å². The van der Waals surface area contributed by atoms with E-state index in [2.05, 4.69) is 31.1 Å². The summed E-state index contributed by atoms with van der Waals surface area (Å²) in [5.74, 6) is 0. The van der Waals surface area contributed by atoms with Crippen molar-refractivity contribution < 1.29 is 0 Å². The van der Waals surface area contributed by atoms with Gasteiger partial charge in [-0.2, -0.15) is 0 Å². The van der Waals surface area contributed by atoms with Crippen LogP contribution in [0.25, 0.3) is 0 Å². The van der Waals surface area contributed by atoms with E-state index in [4.69, 9.17) is 0 Å². The summed E-state index contributed by atoms with van der Waals surface area (Å²) in [6.45, 7) is 7.34. The van der Waals surface area contributed by atoms with Crippen molar-refractivity contribution in [2.24, 2.45) is 5.41 Å². The molecule has 106 valence electrons. The molecule has 0 amide bonds. The summed E-state index contributed by atoms with van der Waals surface area (Å²) in [6, 6.07) is 1.58. The number of hydrogen-bond donors (Lipinski definition) is 1. The van der Waals surface area contributed by atoms with E-state index in [0.29, 0.717) is 5.41 Å². The highest BCUT2D eigenvalue weighted by molar-refractivity contribution is 4.84. The fourth-order valence-electron chi connectivity index (χ4n) is 3.58. The van der Waals surface area contributed by atoms with Crippen molar-refractivity contribution in [2.75, 3.05) is 20.1 Å². The first-order valence-corrected chi connectivity index (χ1v) is 8.00. The lowest BCUT2D eigenvalue weighted by atomic mass is 9.75. The molecule has 1 aliphatic carbocycles. The molecule has 0 spiro atoms. The van der Waals surface area contributed by atoms with Crippen LogP contribution in [0.5, 0.6) is 0 Å². The lowest BCUT2D eigenvalue weighted by molar-refractivity contribution is 0.119. The number of nitrogens with zero attached hydrogens (tertiary/aromatic N) is 1. The van der Waals surface area contributed by atoms with Crippen LogP contribution >= 0.6 is 0 Å². The third-order valence-corrected chi connectivity index (χ3v) is 5.10. The zero-order valence-electron chi connectivity index (χ0n) is 12.7. The standard InChI is InChI=1S/C16H32N2/c1-16(2)10-8-15(9-11-16)18(3)13-14-7-5-4-6-12-17-14/h14-15,17H,4-13H2,1-3H3. The average Bonchev–Trinajstić information content (AvgIpc) is 2.57. The Morgan fingerprint density at radius 3 is 2.50 bits per heavy atom. The van der Waals surface area contributed by atoms with Gasteiger partial charge >= 0.3 is 0 Å². The molecule has 0 aromatic carbocycles. The second kappa shape index (κ2) is 6.38. The Morgan fingerprint density at radius 2 is 1.78 bits per heavy atom. The molecule has 1 heterocycles. The van der Waals surface area contributed by atoms with Crippen LogP contribution in [0.15, 0.2) is 0 Å². The van der Waals surface area contributed by atoms with Gasteiger partial charge in [-0.05, 0) is 57.5 Å². The Bertz CT molecular complexity index is 231. The highest BCUT2D eigenvalue weighted by Crippen LogP contribution is 2.36. The molecule has 2 aliphatic rings. The lowest BCUT2D eigenvalue weighted by Crippen LogP contribution is -2.45. The maximum absolute atomic E-state index is 3.73. The van der Waals surface area contributed by atoms with Crippen LogP contribution in [0.1, 0.15) is 65.2 Å². The molecule has 2 heteroatoms. The van der Waals surface area contributed by atoms with Crippen molar-refractivity contribution in [3.8, 4) is 0 Å². The highest BCUT2D eigenvalue weighted by atomic mass is 15.2. The molecule has 0 radical (unpaired) electrons.